The van der Waals surface area contributed by atoms with E-state index in [-0.39, 0.29) is 18.4 Å². The van der Waals surface area contributed by atoms with E-state index in [1.807, 2.05) is 22.4 Å². The Balaban J connectivity index is 2.00. The molecule has 3 amide bonds. The number of nitrogens with zero attached hydrogens (tertiary/aromatic N) is 1. The maximum Gasteiger partial charge on any atom is 0.312 e. The SMILES string of the molecule is CC(C)CCN(C(=O)C[C@H](NC(N)=O)c1cccs1)C1CC1. The highest BCUT2D eigenvalue weighted by Gasteiger charge is 2.33. The number of carbonyl (C=O) groups excluding carboxylic acids is 2. The summed E-state index contributed by atoms with van der Waals surface area (Å²) < 4.78 is 0. The summed E-state index contributed by atoms with van der Waals surface area (Å²) in [6.45, 7) is 5.13. The number of amides is 3. The summed E-state index contributed by atoms with van der Waals surface area (Å²) in [6, 6.07) is 3.31. The molecule has 122 valence electrons. The van der Waals surface area contributed by atoms with Crippen LogP contribution in [0.4, 0.5) is 4.79 Å². The Labute approximate surface area is 135 Å². The van der Waals surface area contributed by atoms with Gasteiger partial charge in [0.05, 0.1) is 12.5 Å². The molecule has 1 saturated carbocycles. The van der Waals surface area contributed by atoms with Crippen LogP contribution in [0.15, 0.2) is 17.5 Å². The lowest BCUT2D eigenvalue weighted by molar-refractivity contribution is -0.132. The van der Waals surface area contributed by atoms with Gasteiger partial charge in [0.1, 0.15) is 0 Å². The molecule has 1 aliphatic rings. The molecule has 0 bridgehead atoms. The third-order valence-corrected chi connectivity index (χ3v) is 4.82. The maximum atomic E-state index is 12.7. The van der Waals surface area contributed by atoms with Crippen LogP contribution in [-0.4, -0.2) is 29.4 Å². The predicted octanol–water partition coefficient (Wildman–Crippen LogP) is 2.88. The molecule has 1 aliphatic carbocycles. The molecule has 1 fully saturated rings. The van der Waals surface area contributed by atoms with E-state index >= 15 is 0 Å². The van der Waals surface area contributed by atoms with Crippen molar-refractivity contribution in [1.82, 2.24) is 10.2 Å². The zero-order chi connectivity index (χ0) is 16.1. The van der Waals surface area contributed by atoms with E-state index in [4.69, 9.17) is 5.73 Å². The second kappa shape index (κ2) is 7.63. The highest BCUT2D eigenvalue weighted by atomic mass is 32.1. The lowest BCUT2D eigenvalue weighted by Crippen LogP contribution is -2.39. The van der Waals surface area contributed by atoms with Gasteiger partial charge < -0.3 is 16.0 Å². The molecule has 0 spiro atoms. The van der Waals surface area contributed by atoms with Gasteiger partial charge in [-0.05, 0) is 36.6 Å². The van der Waals surface area contributed by atoms with E-state index in [0.717, 1.165) is 30.7 Å². The number of urea groups is 1. The second-order valence-corrected chi connectivity index (χ2v) is 7.26. The standard InChI is InChI=1S/C16H25N3O2S/c1-11(2)7-8-19(12-5-6-12)15(20)10-13(18-16(17)21)14-4-3-9-22-14/h3-4,9,11-13H,5-8,10H2,1-2H3,(H3,17,18,21)/t13-/m0/s1. The van der Waals surface area contributed by atoms with E-state index < -0.39 is 6.03 Å². The lowest BCUT2D eigenvalue weighted by Gasteiger charge is -2.26. The van der Waals surface area contributed by atoms with Gasteiger partial charge in [0, 0.05) is 17.5 Å². The van der Waals surface area contributed by atoms with Gasteiger partial charge in [-0.3, -0.25) is 4.79 Å². The van der Waals surface area contributed by atoms with Gasteiger partial charge in [0.15, 0.2) is 0 Å². The van der Waals surface area contributed by atoms with Crippen LogP contribution < -0.4 is 11.1 Å². The van der Waals surface area contributed by atoms with Gasteiger partial charge in [-0.2, -0.15) is 0 Å². The van der Waals surface area contributed by atoms with E-state index in [2.05, 4.69) is 19.2 Å². The molecule has 0 radical (unpaired) electrons. The van der Waals surface area contributed by atoms with Crippen molar-refractivity contribution in [3.8, 4) is 0 Å². The number of carbonyl (C=O) groups is 2. The molecule has 5 nitrogen and oxygen atoms in total. The average molecular weight is 323 g/mol. The lowest BCUT2D eigenvalue weighted by atomic mass is 10.1. The topological polar surface area (TPSA) is 75.4 Å². The first-order valence-corrected chi connectivity index (χ1v) is 8.74. The number of hydrogen-bond acceptors (Lipinski definition) is 3. The first-order chi connectivity index (χ1) is 10.5. The fourth-order valence-electron chi connectivity index (χ4n) is 2.47. The third-order valence-electron chi connectivity index (χ3n) is 3.84. The average Bonchev–Trinajstić information content (AvgIpc) is 3.11. The number of thiophene rings is 1. The van der Waals surface area contributed by atoms with E-state index in [1.165, 1.54) is 11.3 Å². The Morgan fingerprint density at radius 1 is 1.45 bits per heavy atom. The van der Waals surface area contributed by atoms with E-state index in [0.29, 0.717) is 12.0 Å². The van der Waals surface area contributed by atoms with Crippen LogP contribution in [0.5, 0.6) is 0 Å². The van der Waals surface area contributed by atoms with Crippen LogP contribution in [0.2, 0.25) is 0 Å². The fraction of sp³-hybridized carbons (Fsp3) is 0.625. The van der Waals surface area contributed by atoms with Crippen LogP contribution in [0.3, 0.4) is 0 Å². The summed E-state index contributed by atoms with van der Waals surface area (Å²) in [5, 5.41) is 4.63. The molecule has 0 saturated heterocycles. The monoisotopic (exact) mass is 323 g/mol. The molecular formula is C16H25N3O2S. The first-order valence-electron chi connectivity index (χ1n) is 7.86. The normalized spacial score (nSPS) is 15.6. The van der Waals surface area contributed by atoms with E-state index in [9.17, 15) is 9.59 Å². The molecular weight excluding hydrogens is 298 g/mol. The van der Waals surface area contributed by atoms with Crippen molar-refractivity contribution < 1.29 is 9.59 Å². The molecule has 0 unspecified atom stereocenters. The molecule has 2 rings (SSSR count). The quantitative estimate of drug-likeness (QED) is 0.772. The molecule has 1 heterocycles. The maximum absolute atomic E-state index is 12.7. The second-order valence-electron chi connectivity index (χ2n) is 6.28. The Bertz CT molecular complexity index is 497. The number of nitrogens with two attached hydrogens (primary N) is 1. The minimum atomic E-state index is -0.591. The Kier molecular flexibility index (Phi) is 5.83. The Hall–Kier alpha value is -1.56. The van der Waals surface area contributed by atoms with Gasteiger partial charge in [-0.25, -0.2) is 4.79 Å². The molecule has 0 aliphatic heterocycles. The van der Waals surface area contributed by atoms with Crippen LogP contribution in [0.25, 0.3) is 0 Å². The first kappa shape index (κ1) is 16.8. The molecule has 3 N–H and O–H groups in total. The van der Waals surface area contributed by atoms with Gasteiger partial charge in [-0.1, -0.05) is 19.9 Å². The molecule has 6 heteroatoms. The van der Waals surface area contributed by atoms with Crippen molar-refractivity contribution >= 4 is 23.3 Å². The highest BCUT2D eigenvalue weighted by Crippen LogP contribution is 2.30. The number of rotatable bonds is 8. The van der Waals surface area contributed by atoms with Crippen LogP contribution >= 0.6 is 11.3 Å². The molecule has 22 heavy (non-hydrogen) atoms. The molecule has 0 aromatic carbocycles. The summed E-state index contributed by atoms with van der Waals surface area (Å²) in [5.74, 6) is 0.682. The summed E-state index contributed by atoms with van der Waals surface area (Å²) in [7, 11) is 0. The predicted molar refractivity (Wildman–Crippen MR) is 88.6 cm³/mol. The van der Waals surface area contributed by atoms with Crippen LogP contribution in [0.1, 0.15) is 50.4 Å². The third kappa shape index (κ3) is 5.02. The number of nitrogens with one attached hydrogen (secondary N) is 1. The van der Waals surface area contributed by atoms with E-state index in [1.54, 1.807) is 0 Å². The summed E-state index contributed by atoms with van der Waals surface area (Å²) in [6.07, 6.45) is 3.47. The van der Waals surface area contributed by atoms with Crippen molar-refractivity contribution in [3.63, 3.8) is 0 Å². The van der Waals surface area contributed by atoms with Crippen molar-refractivity contribution in [1.29, 1.82) is 0 Å². The zero-order valence-corrected chi connectivity index (χ0v) is 14.1. The summed E-state index contributed by atoms with van der Waals surface area (Å²) in [4.78, 5) is 26.8. The molecule has 1 atom stereocenters. The summed E-state index contributed by atoms with van der Waals surface area (Å²) >= 11 is 1.53. The van der Waals surface area contributed by atoms with Crippen molar-refractivity contribution in [2.24, 2.45) is 11.7 Å². The number of primary amides is 1. The van der Waals surface area contributed by atoms with Crippen molar-refractivity contribution in [3.05, 3.63) is 22.4 Å². The zero-order valence-electron chi connectivity index (χ0n) is 13.2. The Morgan fingerprint density at radius 3 is 2.68 bits per heavy atom. The van der Waals surface area contributed by atoms with Gasteiger partial charge in [0.25, 0.3) is 0 Å². The van der Waals surface area contributed by atoms with Crippen LogP contribution in [0, 0.1) is 5.92 Å². The smallest absolute Gasteiger partial charge is 0.312 e. The minimum absolute atomic E-state index is 0.107. The van der Waals surface area contributed by atoms with Gasteiger partial charge in [0.2, 0.25) is 5.91 Å². The minimum Gasteiger partial charge on any atom is -0.352 e. The molecule has 1 aromatic heterocycles. The summed E-state index contributed by atoms with van der Waals surface area (Å²) in [5.41, 5.74) is 5.25. The van der Waals surface area contributed by atoms with Crippen molar-refractivity contribution in [2.45, 2.75) is 51.6 Å². The highest BCUT2D eigenvalue weighted by molar-refractivity contribution is 7.10. The van der Waals surface area contributed by atoms with Gasteiger partial charge >= 0.3 is 6.03 Å². The van der Waals surface area contributed by atoms with Crippen LogP contribution in [-0.2, 0) is 4.79 Å². The number of hydrogen-bond donors (Lipinski definition) is 2. The molecule has 1 aromatic rings. The van der Waals surface area contributed by atoms with Gasteiger partial charge in [-0.15, -0.1) is 11.3 Å². The fourth-order valence-corrected chi connectivity index (χ4v) is 3.25. The Morgan fingerprint density at radius 2 is 2.18 bits per heavy atom. The van der Waals surface area contributed by atoms with Crippen molar-refractivity contribution in [2.75, 3.05) is 6.54 Å². The largest absolute Gasteiger partial charge is 0.352 e.